The Bertz CT molecular complexity index is 526. The van der Waals surface area contributed by atoms with Crippen LogP contribution < -0.4 is 5.46 Å². The third-order valence-electron chi connectivity index (χ3n) is 3.93. The maximum absolute atomic E-state index is 13.3. The van der Waals surface area contributed by atoms with Gasteiger partial charge in [-0.2, -0.15) is 0 Å². The lowest BCUT2D eigenvalue weighted by Gasteiger charge is -2.32. The summed E-state index contributed by atoms with van der Waals surface area (Å²) in [7, 11) is 0.524. The molecular formula is C14H18BFO4. The zero-order valence-electron chi connectivity index (χ0n) is 12.3. The molecule has 0 saturated carbocycles. The van der Waals surface area contributed by atoms with E-state index in [1.807, 2.05) is 27.7 Å². The van der Waals surface area contributed by atoms with Crippen molar-refractivity contribution in [3.05, 3.63) is 29.6 Å². The standard InChI is InChI=1S/C14H18BFO4/c1-13(2)14(3,4)20-15(19-13)11-7-6-9(16)8-10(11)12(17)18-5/h6-8H,1-5H3. The lowest BCUT2D eigenvalue weighted by molar-refractivity contribution is 0.00578. The van der Waals surface area contributed by atoms with Gasteiger partial charge in [0.1, 0.15) is 5.82 Å². The summed E-state index contributed by atoms with van der Waals surface area (Å²) in [6.07, 6.45) is 0. The van der Waals surface area contributed by atoms with E-state index in [-0.39, 0.29) is 5.56 Å². The Morgan fingerprint density at radius 2 is 1.75 bits per heavy atom. The average molecular weight is 280 g/mol. The molecule has 108 valence electrons. The minimum Gasteiger partial charge on any atom is -0.465 e. The molecule has 1 aliphatic rings. The van der Waals surface area contributed by atoms with Gasteiger partial charge in [0.05, 0.1) is 23.9 Å². The van der Waals surface area contributed by atoms with Gasteiger partial charge in [0.15, 0.2) is 0 Å². The van der Waals surface area contributed by atoms with Crippen molar-refractivity contribution in [3.8, 4) is 0 Å². The van der Waals surface area contributed by atoms with Crippen LogP contribution in [0.25, 0.3) is 0 Å². The van der Waals surface area contributed by atoms with E-state index in [2.05, 4.69) is 4.74 Å². The van der Waals surface area contributed by atoms with Crippen LogP contribution in [0, 0.1) is 5.82 Å². The van der Waals surface area contributed by atoms with E-state index >= 15 is 0 Å². The molecule has 0 unspecified atom stereocenters. The van der Waals surface area contributed by atoms with Crippen molar-refractivity contribution in [3.63, 3.8) is 0 Å². The molecule has 0 spiro atoms. The summed E-state index contributed by atoms with van der Waals surface area (Å²) < 4.78 is 29.8. The third kappa shape index (κ3) is 2.45. The van der Waals surface area contributed by atoms with Crippen LogP contribution in [-0.4, -0.2) is 31.4 Å². The molecule has 1 aliphatic heterocycles. The van der Waals surface area contributed by atoms with Crippen molar-refractivity contribution in [1.29, 1.82) is 0 Å². The van der Waals surface area contributed by atoms with Gasteiger partial charge >= 0.3 is 13.1 Å². The number of rotatable bonds is 2. The first-order valence-corrected chi connectivity index (χ1v) is 6.41. The van der Waals surface area contributed by atoms with Crippen LogP contribution >= 0.6 is 0 Å². The van der Waals surface area contributed by atoms with E-state index < -0.39 is 30.1 Å². The largest absolute Gasteiger partial charge is 0.495 e. The molecule has 0 N–H and O–H groups in total. The van der Waals surface area contributed by atoms with Crippen molar-refractivity contribution in [2.45, 2.75) is 38.9 Å². The highest BCUT2D eigenvalue weighted by Gasteiger charge is 2.52. The highest BCUT2D eigenvalue weighted by atomic mass is 19.1. The zero-order valence-corrected chi connectivity index (χ0v) is 12.3. The monoisotopic (exact) mass is 280 g/mol. The molecule has 0 aliphatic carbocycles. The molecule has 0 atom stereocenters. The Hall–Kier alpha value is -1.40. The molecule has 20 heavy (non-hydrogen) atoms. The first kappa shape index (κ1) is 15.0. The third-order valence-corrected chi connectivity index (χ3v) is 3.93. The van der Waals surface area contributed by atoms with E-state index in [0.717, 1.165) is 6.07 Å². The maximum Gasteiger partial charge on any atom is 0.495 e. The zero-order chi connectivity index (χ0) is 15.1. The maximum atomic E-state index is 13.3. The van der Waals surface area contributed by atoms with Crippen LogP contribution in [0.2, 0.25) is 0 Å². The van der Waals surface area contributed by atoms with Gasteiger partial charge in [0.25, 0.3) is 0 Å². The summed E-state index contributed by atoms with van der Waals surface area (Å²) in [6, 6.07) is 3.89. The van der Waals surface area contributed by atoms with E-state index in [0.29, 0.717) is 5.46 Å². The molecule has 0 aromatic heterocycles. The van der Waals surface area contributed by atoms with Crippen LogP contribution in [-0.2, 0) is 14.0 Å². The lowest BCUT2D eigenvalue weighted by Crippen LogP contribution is -2.41. The predicted molar refractivity (Wildman–Crippen MR) is 73.5 cm³/mol. The van der Waals surface area contributed by atoms with Gasteiger partial charge in [-0.05, 0) is 45.3 Å². The van der Waals surface area contributed by atoms with Crippen LogP contribution in [0.3, 0.4) is 0 Å². The second kappa shape index (κ2) is 4.86. The SMILES string of the molecule is COC(=O)c1cc(F)ccc1B1OC(C)(C)C(C)(C)O1. The average Bonchev–Trinajstić information content (AvgIpc) is 2.57. The summed E-state index contributed by atoms with van der Waals surface area (Å²) in [6.45, 7) is 7.64. The molecular weight excluding hydrogens is 262 g/mol. The predicted octanol–water partition coefficient (Wildman–Crippen LogP) is 1.91. The quantitative estimate of drug-likeness (QED) is 0.613. The molecule has 0 amide bonds. The minimum atomic E-state index is -0.727. The summed E-state index contributed by atoms with van der Waals surface area (Å²) in [5, 5.41) is 0. The van der Waals surface area contributed by atoms with Crippen LogP contribution in [0.15, 0.2) is 18.2 Å². The molecule has 4 nitrogen and oxygen atoms in total. The van der Waals surface area contributed by atoms with Gasteiger partial charge in [-0.1, -0.05) is 6.07 Å². The van der Waals surface area contributed by atoms with Gasteiger partial charge in [-0.3, -0.25) is 0 Å². The molecule has 1 aromatic rings. The van der Waals surface area contributed by atoms with Crippen LogP contribution in [0.4, 0.5) is 4.39 Å². The Morgan fingerprint density at radius 1 is 1.20 bits per heavy atom. The second-order valence-corrected chi connectivity index (χ2v) is 5.81. The van der Waals surface area contributed by atoms with E-state index in [1.54, 1.807) is 0 Å². The Balaban J connectivity index is 2.42. The van der Waals surface area contributed by atoms with Gasteiger partial charge in [-0.15, -0.1) is 0 Å². The van der Waals surface area contributed by atoms with Crippen molar-refractivity contribution in [1.82, 2.24) is 0 Å². The fraction of sp³-hybridized carbons (Fsp3) is 0.500. The first-order valence-electron chi connectivity index (χ1n) is 6.41. The number of carbonyl (C=O) groups excluding carboxylic acids is 1. The molecule has 0 radical (unpaired) electrons. The highest BCUT2D eigenvalue weighted by Crippen LogP contribution is 2.36. The van der Waals surface area contributed by atoms with Crippen molar-refractivity contribution >= 4 is 18.6 Å². The summed E-state index contributed by atoms with van der Waals surface area (Å²) in [5.41, 5.74) is -0.471. The first-order chi connectivity index (χ1) is 9.18. The molecule has 6 heteroatoms. The summed E-state index contributed by atoms with van der Waals surface area (Å²) in [5.74, 6) is -1.13. The van der Waals surface area contributed by atoms with E-state index in [1.165, 1.54) is 19.2 Å². The Labute approximate surface area is 118 Å². The highest BCUT2D eigenvalue weighted by molar-refractivity contribution is 6.63. The van der Waals surface area contributed by atoms with Crippen molar-refractivity contribution in [2.24, 2.45) is 0 Å². The normalized spacial score (nSPS) is 20.0. The molecule has 1 aromatic carbocycles. The van der Waals surface area contributed by atoms with Gasteiger partial charge in [-0.25, -0.2) is 9.18 Å². The number of carbonyl (C=O) groups is 1. The number of halogens is 1. The van der Waals surface area contributed by atoms with Crippen molar-refractivity contribution < 1.29 is 23.2 Å². The Morgan fingerprint density at radius 3 is 2.25 bits per heavy atom. The Kier molecular flexibility index (Phi) is 3.65. The fourth-order valence-corrected chi connectivity index (χ4v) is 1.99. The van der Waals surface area contributed by atoms with E-state index in [9.17, 15) is 9.18 Å². The van der Waals surface area contributed by atoms with Gasteiger partial charge in [0.2, 0.25) is 0 Å². The lowest BCUT2D eigenvalue weighted by atomic mass is 9.76. The summed E-state index contributed by atoms with van der Waals surface area (Å²) in [4.78, 5) is 11.8. The van der Waals surface area contributed by atoms with Crippen molar-refractivity contribution in [2.75, 3.05) is 7.11 Å². The topological polar surface area (TPSA) is 44.8 Å². The van der Waals surface area contributed by atoms with Crippen LogP contribution in [0.1, 0.15) is 38.1 Å². The fourth-order valence-electron chi connectivity index (χ4n) is 1.99. The number of benzene rings is 1. The number of methoxy groups -OCH3 is 1. The molecule has 1 saturated heterocycles. The molecule has 0 bridgehead atoms. The minimum absolute atomic E-state index is 0.117. The smallest absolute Gasteiger partial charge is 0.465 e. The van der Waals surface area contributed by atoms with Gasteiger partial charge in [0, 0.05) is 0 Å². The molecule has 1 heterocycles. The number of hydrogen-bond donors (Lipinski definition) is 0. The molecule has 1 fully saturated rings. The van der Waals surface area contributed by atoms with Gasteiger partial charge < -0.3 is 14.0 Å². The summed E-state index contributed by atoms with van der Waals surface area (Å²) >= 11 is 0. The number of hydrogen-bond acceptors (Lipinski definition) is 4. The van der Waals surface area contributed by atoms with E-state index in [4.69, 9.17) is 9.31 Å². The number of ether oxygens (including phenoxy) is 1. The molecule has 2 rings (SSSR count). The second-order valence-electron chi connectivity index (χ2n) is 5.81. The van der Waals surface area contributed by atoms with Crippen LogP contribution in [0.5, 0.6) is 0 Å². The number of esters is 1.